The molecule has 1 aromatic carbocycles. The lowest BCUT2D eigenvalue weighted by Gasteiger charge is -2.14. The van der Waals surface area contributed by atoms with Gasteiger partial charge in [0.05, 0.1) is 11.5 Å². The van der Waals surface area contributed by atoms with E-state index >= 15 is 0 Å². The molecule has 2 N–H and O–H groups in total. The third kappa shape index (κ3) is 3.63. The van der Waals surface area contributed by atoms with Crippen LogP contribution in [0.3, 0.4) is 0 Å². The first kappa shape index (κ1) is 14.8. The van der Waals surface area contributed by atoms with Gasteiger partial charge in [-0.2, -0.15) is 0 Å². The SMILES string of the molecule is CC[C@H](CO)NS(=O)(=O)c1cccc(C(C)=O)c1. The van der Waals surface area contributed by atoms with Crippen molar-refractivity contribution in [2.45, 2.75) is 31.2 Å². The first-order valence-corrected chi connectivity index (χ1v) is 7.13. The Hall–Kier alpha value is -1.24. The number of aliphatic hydroxyl groups is 1. The van der Waals surface area contributed by atoms with Crippen LogP contribution in [0.4, 0.5) is 0 Å². The van der Waals surface area contributed by atoms with Crippen LogP contribution in [0.1, 0.15) is 30.6 Å². The molecule has 0 radical (unpaired) electrons. The maximum absolute atomic E-state index is 12.0. The second-order valence-corrected chi connectivity index (χ2v) is 5.71. The van der Waals surface area contributed by atoms with Crippen molar-refractivity contribution in [1.29, 1.82) is 0 Å². The van der Waals surface area contributed by atoms with Gasteiger partial charge in [-0.1, -0.05) is 19.1 Å². The molecule has 0 spiro atoms. The summed E-state index contributed by atoms with van der Waals surface area (Å²) in [6.07, 6.45) is 0.488. The van der Waals surface area contributed by atoms with Gasteiger partial charge in [-0.15, -0.1) is 0 Å². The van der Waals surface area contributed by atoms with Crippen LogP contribution in [0.2, 0.25) is 0 Å². The Bertz CT molecular complexity index is 521. The predicted molar refractivity (Wildman–Crippen MR) is 67.9 cm³/mol. The minimum Gasteiger partial charge on any atom is -0.395 e. The lowest BCUT2D eigenvalue weighted by Crippen LogP contribution is -2.36. The van der Waals surface area contributed by atoms with Crippen LogP contribution in [0.5, 0.6) is 0 Å². The fourth-order valence-corrected chi connectivity index (χ4v) is 2.78. The number of Topliss-reactive ketones (excluding diaryl/α,β-unsaturated/α-hetero) is 1. The van der Waals surface area contributed by atoms with E-state index in [0.29, 0.717) is 12.0 Å². The Kier molecular flexibility index (Phi) is 5.01. The molecule has 1 aromatic rings. The molecule has 0 saturated heterocycles. The van der Waals surface area contributed by atoms with Gasteiger partial charge in [0.15, 0.2) is 5.78 Å². The summed E-state index contributed by atoms with van der Waals surface area (Å²) >= 11 is 0. The first-order valence-electron chi connectivity index (χ1n) is 5.65. The molecule has 0 saturated carbocycles. The number of benzene rings is 1. The summed E-state index contributed by atoms with van der Waals surface area (Å²) in [5.41, 5.74) is 0.343. The van der Waals surface area contributed by atoms with Gasteiger partial charge in [0.1, 0.15) is 0 Å². The molecular weight excluding hydrogens is 254 g/mol. The van der Waals surface area contributed by atoms with Crippen LogP contribution in [-0.4, -0.2) is 32.0 Å². The molecule has 6 heteroatoms. The molecule has 0 aliphatic heterocycles. The van der Waals surface area contributed by atoms with Crippen molar-refractivity contribution in [2.24, 2.45) is 0 Å². The molecule has 0 amide bonds. The van der Waals surface area contributed by atoms with Crippen molar-refractivity contribution in [3.8, 4) is 0 Å². The summed E-state index contributed by atoms with van der Waals surface area (Å²) in [4.78, 5) is 11.2. The fraction of sp³-hybridized carbons (Fsp3) is 0.417. The van der Waals surface area contributed by atoms with Gasteiger partial charge in [-0.3, -0.25) is 4.79 Å². The number of carbonyl (C=O) groups excluding carboxylic acids is 1. The molecule has 1 rings (SSSR count). The zero-order chi connectivity index (χ0) is 13.8. The number of aliphatic hydroxyl groups excluding tert-OH is 1. The van der Waals surface area contributed by atoms with E-state index in [1.54, 1.807) is 13.0 Å². The fourth-order valence-electron chi connectivity index (χ4n) is 1.42. The largest absolute Gasteiger partial charge is 0.395 e. The molecule has 0 aromatic heterocycles. The highest BCUT2D eigenvalue weighted by atomic mass is 32.2. The van der Waals surface area contributed by atoms with E-state index in [9.17, 15) is 13.2 Å². The number of carbonyl (C=O) groups is 1. The molecule has 0 unspecified atom stereocenters. The van der Waals surface area contributed by atoms with Crippen molar-refractivity contribution in [1.82, 2.24) is 4.72 Å². The normalized spacial score (nSPS) is 13.3. The average molecular weight is 271 g/mol. The Morgan fingerprint density at radius 3 is 2.61 bits per heavy atom. The van der Waals surface area contributed by atoms with Gasteiger partial charge in [0, 0.05) is 11.6 Å². The smallest absolute Gasteiger partial charge is 0.240 e. The third-order valence-corrected chi connectivity index (χ3v) is 4.10. The van der Waals surface area contributed by atoms with Gasteiger partial charge in [-0.05, 0) is 25.5 Å². The predicted octanol–water partition coefficient (Wildman–Crippen LogP) is 0.938. The summed E-state index contributed by atoms with van der Waals surface area (Å²) in [7, 11) is -3.70. The summed E-state index contributed by atoms with van der Waals surface area (Å²) in [6.45, 7) is 2.89. The maximum atomic E-state index is 12.0. The van der Waals surface area contributed by atoms with Gasteiger partial charge in [0.25, 0.3) is 0 Å². The average Bonchev–Trinajstić information content (AvgIpc) is 2.36. The van der Waals surface area contributed by atoms with Crippen molar-refractivity contribution >= 4 is 15.8 Å². The second-order valence-electron chi connectivity index (χ2n) is 3.99. The van der Waals surface area contributed by atoms with Crippen molar-refractivity contribution in [3.05, 3.63) is 29.8 Å². The highest BCUT2D eigenvalue weighted by Crippen LogP contribution is 2.13. The van der Waals surface area contributed by atoms with Crippen LogP contribution >= 0.6 is 0 Å². The molecule has 0 fully saturated rings. The molecular formula is C12H17NO4S. The molecule has 0 heterocycles. The number of hydrogen-bond donors (Lipinski definition) is 2. The Labute approximate surface area is 107 Å². The monoisotopic (exact) mass is 271 g/mol. The van der Waals surface area contributed by atoms with Crippen LogP contribution in [0.15, 0.2) is 29.2 Å². The number of hydrogen-bond acceptors (Lipinski definition) is 4. The molecule has 0 bridgehead atoms. The van der Waals surface area contributed by atoms with Crippen molar-refractivity contribution in [3.63, 3.8) is 0 Å². The quantitative estimate of drug-likeness (QED) is 0.754. The Balaban J connectivity index is 3.05. The van der Waals surface area contributed by atoms with E-state index in [0.717, 1.165) is 0 Å². The first-order chi connectivity index (χ1) is 8.40. The van der Waals surface area contributed by atoms with E-state index in [4.69, 9.17) is 5.11 Å². The zero-order valence-electron chi connectivity index (χ0n) is 10.4. The number of rotatable bonds is 6. The topological polar surface area (TPSA) is 83.5 Å². The molecule has 5 nitrogen and oxygen atoms in total. The summed E-state index contributed by atoms with van der Waals surface area (Å²) in [6, 6.07) is 5.31. The van der Waals surface area contributed by atoms with E-state index in [1.807, 2.05) is 0 Å². The highest BCUT2D eigenvalue weighted by molar-refractivity contribution is 7.89. The summed E-state index contributed by atoms with van der Waals surface area (Å²) in [5, 5.41) is 9.00. The molecule has 1 atom stereocenters. The van der Waals surface area contributed by atoms with Crippen LogP contribution < -0.4 is 4.72 Å². The minimum absolute atomic E-state index is 0.0297. The summed E-state index contributed by atoms with van der Waals surface area (Å²) in [5.74, 6) is -0.193. The Morgan fingerprint density at radius 2 is 2.11 bits per heavy atom. The number of nitrogens with one attached hydrogen (secondary N) is 1. The van der Waals surface area contributed by atoms with Crippen LogP contribution in [-0.2, 0) is 10.0 Å². The van der Waals surface area contributed by atoms with Gasteiger partial charge < -0.3 is 5.11 Å². The number of sulfonamides is 1. The zero-order valence-corrected chi connectivity index (χ0v) is 11.2. The number of ketones is 1. The van der Waals surface area contributed by atoms with Crippen molar-refractivity contribution < 1.29 is 18.3 Å². The minimum atomic E-state index is -3.70. The van der Waals surface area contributed by atoms with Crippen LogP contribution in [0, 0.1) is 0 Å². The lowest BCUT2D eigenvalue weighted by atomic mass is 10.2. The maximum Gasteiger partial charge on any atom is 0.240 e. The van der Waals surface area contributed by atoms with E-state index in [-0.39, 0.29) is 17.3 Å². The standard InChI is InChI=1S/C12H17NO4S/c1-3-11(8-14)13-18(16,17)12-6-4-5-10(7-12)9(2)15/h4-7,11,13-14H,3,8H2,1-2H3/t11-/m1/s1. The molecule has 0 aliphatic rings. The summed E-state index contributed by atoms with van der Waals surface area (Å²) < 4.78 is 26.4. The Morgan fingerprint density at radius 1 is 1.44 bits per heavy atom. The second kappa shape index (κ2) is 6.08. The van der Waals surface area contributed by atoms with E-state index in [1.165, 1.54) is 25.1 Å². The van der Waals surface area contributed by atoms with Gasteiger partial charge in [-0.25, -0.2) is 13.1 Å². The van der Waals surface area contributed by atoms with Crippen LogP contribution in [0.25, 0.3) is 0 Å². The third-order valence-electron chi connectivity index (χ3n) is 2.59. The highest BCUT2D eigenvalue weighted by Gasteiger charge is 2.19. The van der Waals surface area contributed by atoms with Gasteiger partial charge in [0.2, 0.25) is 10.0 Å². The lowest BCUT2D eigenvalue weighted by molar-refractivity contribution is 0.101. The van der Waals surface area contributed by atoms with E-state index in [2.05, 4.69) is 4.72 Å². The van der Waals surface area contributed by atoms with Gasteiger partial charge >= 0.3 is 0 Å². The molecule has 18 heavy (non-hydrogen) atoms. The molecule has 0 aliphatic carbocycles. The van der Waals surface area contributed by atoms with E-state index < -0.39 is 16.1 Å². The molecule has 100 valence electrons. The van der Waals surface area contributed by atoms with Crippen molar-refractivity contribution in [2.75, 3.05) is 6.61 Å².